The lowest BCUT2D eigenvalue weighted by atomic mass is 10.1. The number of non-ortho nitro benzene ring substituents is 1. The van der Waals surface area contributed by atoms with Gasteiger partial charge in [0.25, 0.3) is 5.69 Å². The van der Waals surface area contributed by atoms with E-state index >= 15 is 0 Å². The van der Waals surface area contributed by atoms with Crippen molar-refractivity contribution in [2.75, 3.05) is 0 Å². The molecule has 0 N–H and O–H groups in total. The van der Waals surface area contributed by atoms with Crippen LogP contribution in [0.5, 0.6) is 0 Å². The second-order valence-electron chi connectivity index (χ2n) is 5.05. The molecule has 2 aromatic carbocycles. The largest absolute Gasteiger partial charge is 0.402 e. The van der Waals surface area contributed by atoms with Gasteiger partial charge in [0.2, 0.25) is 5.90 Å². The predicted octanol–water partition coefficient (Wildman–Crippen LogP) is 3.25. The van der Waals surface area contributed by atoms with Crippen LogP contribution in [0.4, 0.5) is 5.69 Å². The molecule has 0 atom stereocenters. The molecule has 2 aromatic rings. The molecule has 1 heterocycles. The summed E-state index contributed by atoms with van der Waals surface area (Å²) in [4.78, 5) is 26.4. The highest BCUT2D eigenvalue weighted by molar-refractivity contribution is 6.12. The minimum Gasteiger partial charge on any atom is -0.402 e. The first-order valence-corrected chi connectivity index (χ1v) is 6.87. The molecule has 0 fully saturated rings. The summed E-state index contributed by atoms with van der Waals surface area (Å²) >= 11 is 0. The van der Waals surface area contributed by atoms with Crippen LogP contribution in [0.25, 0.3) is 6.08 Å². The molecule has 23 heavy (non-hydrogen) atoms. The summed E-state index contributed by atoms with van der Waals surface area (Å²) in [5.74, 6) is -0.348. The maximum absolute atomic E-state index is 11.9. The van der Waals surface area contributed by atoms with Gasteiger partial charge in [0, 0.05) is 17.7 Å². The van der Waals surface area contributed by atoms with Gasteiger partial charge < -0.3 is 4.74 Å². The maximum Gasteiger partial charge on any atom is 0.363 e. The molecule has 0 saturated carbocycles. The summed E-state index contributed by atoms with van der Waals surface area (Å²) in [7, 11) is 0. The van der Waals surface area contributed by atoms with E-state index in [9.17, 15) is 14.9 Å². The zero-order chi connectivity index (χ0) is 16.4. The molecule has 3 rings (SSSR count). The summed E-state index contributed by atoms with van der Waals surface area (Å²) in [5.41, 5.74) is 2.37. The fourth-order valence-corrected chi connectivity index (χ4v) is 2.11. The van der Waals surface area contributed by atoms with Gasteiger partial charge in [-0.15, -0.1) is 0 Å². The van der Waals surface area contributed by atoms with Crippen LogP contribution in [0.1, 0.15) is 16.7 Å². The Morgan fingerprint density at radius 1 is 1.17 bits per heavy atom. The predicted molar refractivity (Wildman–Crippen MR) is 84.9 cm³/mol. The normalized spacial score (nSPS) is 15.4. The Morgan fingerprint density at radius 3 is 2.61 bits per heavy atom. The molecule has 0 bridgehead atoms. The molecule has 1 aliphatic heterocycles. The van der Waals surface area contributed by atoms with Crippen LogP contribution < -0.4 is 0 Å². The molecule has 0 aromatic heterocycles. The number of hydrogen-bond donors (Lipinski definition) is 0. The van der Waals surface area contributed by atoms with Crippen LogP contribution in [0.3, 0.4) is 0 Å². The van der Waals surface area contributed by atoms with Crippen LogP contribution >= 0.6 is 0 Å². The van der Waals surface area contributed by atoms with Crippen molar-refractivity contribution in [3.8, 4) is 0 Å². The zero-order valence-electron chi connectivity index (χ0n) is 12.2. The van der Waals surface area contributed by atoms with Gasteiger partial charge in [-0.2, -0.15) is 0 Å². The van der Waals surface area contributed by atoms with E-state index < -0.39 is 10.9 Å². The van der Waals surface area contributed by atoms with Crippen molar-refractivity contribution in [2.24, 2.45) is 4.99 Å². The highest BCUT2D eigenvalue weighted by atomic mass is 16.6. The van der Waals surface area contributed by atoms with Crippen LogP contribution in [0.15, 0.2) is 59.2 Å². The van der Waals surface area contributed by atoms with Gasteiger partial charge in [0.05, 0.1) is 4.92 Å². The van der Waals surface area contributed by atoms with Crippen molar-refractivity contribution in [2.45, 2.75) is 6.92 Å². The smallest absolute Gasteiger partial charge is 0.363 e. The van der Waals surface area contributed by atoms with E-state index in [2.05, 4.69) is 4.99 Å². The highest BCUT2D eigenvalue weighted by Crippen LogP contribution is 2.21. The summed E-state index contributed by atoms with van der Waals surface area (Å²) in [6.07, 6.45) is 1.47. The Hall–Kier alpha value is -3.28. The van der Waals surface area contributed by atoms with Crippen molar-refractivity contribution < 1.29 is 14.5 Å². The first-order chi connectivity index (χ1) is 11.0. The van der Waals surface area contributed by atoms with E-state index in [-0.39, 0.29) is 17.3 Å². The molecule has 6 nitrogen and oxygen atoms in total. The van der Waals surface area contributed by atoms with Crippen LogP contribution in [0, 0.1) is 17.0 Å². The molecule has 6 heteroatoms. The van der Waals surface area contributed by atoms with E-state index in [1.807, 2.05) is 31.2 Å². The van der Waals surface area contributed by atoms with Crippen molar-refractivity contribution >= 4 is 23.6 Å². The van der Waals surface area contributed by atoms with Gasteiger partial charge in [-0.3, -0.25) is 10.1 Å². The number of ether oxygens (including phenoxy) is 1. The Bertz CT molecular complexity index is 851. The number of aliphatic imine (C=N–C) groups is 1. The molecule has 1 aliphatic rings. The third-order valence-electron chi connectivity index (χ3n) is 3.30. The number of nitro benzene ring substituents is 1. The number of esters is 1. The number of cyclic esters (lactones) is 1. The summed E-state index contributed by atoms with van der Waals surface area (Å²) in [5, 5.41) is 10.8. The van der Waals surface area contributed by atoms with E-state index in [4.69, 9.17) is 4.74 Å². The van der Waals surface area contributed by atoms with Crippen molar-refractivity contribution in [3.63, 3.8) is 0 Å². The second-order valence-corrected chi connectivity index (χ2v) is 5.05. The zero-order valence-corrected chi connectivity index (χ0v) is 12.2. The maximum atomic E-state index is 11.9. The molecular formula is C17H12N2O4. The number of carbonyl (C=O) groups excluding carboxylic acids is 1. The average Bonchev–Trinajstić information content (AvgIpc) is 2.89. The van der Waals surface area contributed by atoms with Crippen molar-refractivity contribution in [1.82, 2.24) is 0 Å². The molecule has 0 unspecified atom stereocenters. The van der Waals surface area contributed by atoms with Gasteiger partial charge in [-0.05, 0) is 30.7 Å². The minimum absolute atomic E-state index is 0.0477. The Morgan fingerprint density at radius 2 is 1.91 bits per heavy atom. The van der Waals surface area contributed by atoms with Crippen LogP contribution in [-0.2, 0) is 9.53 Å². The molecule has 0 saturated heterocycles. The molecule has 0 aliphatic carbocycles. The Balaban J connectivity index is 1.93. The fraction of sp³-hybridized carbons (Fsp3) is 0.0588. The minimum atomic E-state index is -0.577. The number of hydrogen-bond acceptors (Lipinski definition) is 5. The van der Waals surface area contributed by atoms with Gasteiger partial charge >= 0.3 is 5.97 Å². The second kappa shape index (κ2) is 5.84. The number of nitro groups is 1. The standard InChI is InChI=1S/C17H12N2O4/c1-11-5-7-13(8-6-11)16-18-15(17(20)23-16)10-12-3-2-4-14(9-12)19(21)22/h2-10H,1H3. The summed E-state index contributed by atoms with van der Waals surface area (Å²) < 4.78 is 5.16. The van der Waals surface area contributed by atoms with Gasteiger partial charge in [-0.1, -0.05) is 29.8 Å². The average molecular weight is 308 g/mol. The topological polar surface area (TPSA) is 81.8 Å². The Kier molecular flexibility index (Phi) is 3.72. The van der Waals surface area contributed by atoms with E-state index in [0.29, 0.717) is 11.1 Å². The van der Waals surface area contributed by atoms with Crippen LogP contribution in [-0.4, -0.2) is 16.8 Å². The third-order valence-corrected chi connectivity index (χ3v) is 3.30. The van der Waals surface area contributed by atoms with E-state index in [0.717, 1.165) is 5.56 Å². The lowest BCUT2D eigenvalue weighted by Gasteiger charge is -1.99. The first kappa shape index (κ1) is 14.6. The molecular weight excluding hydrogens is 296 g/mol. The van der Waals surface area contributed by atoms with Gasteiger partial charge in [0.1, 0.15) is 0 Å². The quantitative estimate of drug-likeness (QED) is 0.377. The highest BCUT2D eigenvalue weighted by Gasteiger charge is 2.24. The Labute approximate surface area is 131 Å². The van der Waals surface area contributed by atoms with E-state index in [1.165, 1.54) is 18.2 Å². The summed E-state index contributed by atoms with van der Waals surface area (Å²) in [6.45, 7) is 1.96. The number of benzene rings is 2. The first-order valence-electron chi connectivity index (χ1n) is 6.87. The lowest BCUT2D eigenvalue weighted by molar-refractivity contribution is -0.384. The molecule has 114 valence electrons. The molecule has 0 spiro atoms. The molecule has 0 radical (unpaired) electrons. The van der Waals surface area contributed by atoms with Crippen molar-refractivity contribution in [1.29, 1.82) is 0 Å². The molecule has 0 amide bonds. The fourth-order valence-electron chi connectivity index (χ4n) is 2.11. The third kappa shape index (κ3) is 3.16. The number of rotatable bonds is 3. The van der Waals surface area contributed by atoms with Gasteiger partial charge in [0.15, 0.2) is 5.70 Å². The number of nitrogens with zero attached hydrogens (tertiary/aromatic N) is 2. The van der Waals surface area contributed by atoms with Crippen LogP contribution in [0.2, 0.25) is 0 Å². The monoisotopic (exact) mass is 308 g/mol. The SMILES string of the molecule is Cc1ccc(C2=NC(=Cc3cccc([N+](=O)[O-])c3)C(=O)O2)cc1. The van der Waals surface area contributed by atoms with Crippen molar-refractivity contribution in [3.05, 3.63) is 81.0 Å². The van der Waals surface area contributed by atoms with Gasteiger partial charge in [-0.25, -0.2) is 9.79 Å². The lowest BCUT2D eigenvalue weighted by Crippen LogP contribution is -2.05. The summed E-state index contributed by atoms with van der Waals surface area (Å²) in [6, 6.07) is 13.4. The van der Waals surface area contributed by atoms with E-state index in [1.54, 1.807) is 12.1 Å². The number of aryl methyl sites for hydroxylation is 1. The number of carbonyl (C=O) groups is 1.